The third kappa shape index (κ3) is 7.39. The Morgan fingerprint density at radius 1 is 0.944 bits per heavy atom. The van der Waals surface area contributed by atoms with Crippen LogP contribution >= 0.6 is 0 Å². The Morgan fingerprint density at radius 2 is 1.64 bits per heavy atom. The molecule has 0 aliphatic carbocycles. The monoisotopic (exact) mass is 509 g/mol. The number of ether oxygens (including phenoxy) is 1. The van der Waals surface area contributed by atoms with Gasteiger partial charge in [0.25, 0.3) is 5.91 Å². The van der Waals surface area contributed by atoms with Crippen LogP contribution in [-0.2, 0) is 26.0 Å². The van der Waals surface area contributed by atoms with Crippen LogP contribution in [-0.4, -0.2) is 38.9 Å². The predicted molar refractivity (Wildman–Crippen MR) is 137 cm³/mol. The van der Waals surface area contributed by atoms with E-state index < -0.39 is 22.0 Å². The first kappa shape index (κ1) is 26.4. The van der Waals surface area contributed by atoms with Crippen LogP contribution in [0.3, 0.4) is 0 Å². The average Bonchev–Trinajstić information content (AvgIpc) is 2.85. The molecule has 0 saturated heterocycles. The van der Waals surface area contributed by atoms with Gasteiger partial charge in [-0.15, -0.1) is 0 Å². The lowest BCUT2D eigenvalue weighted by molar-refractivity contribution is -0.145. The van der Waals surface area contributed by atoms with E-state index in [4.69, 9.17) is 15.9 Å². The minimum absolute atomic E-state index is 0.0416. The van der Waals surface area contributed by atoms with E-state index in [0.717, 1.165) is 0 Å². The Hall–Kier alpha value is -4.22. The number of carbonyl (C=O) groups excluding carboxylic acids is 2. The molecule has 3 aromatic carbocycles. The maximum atomic E-state index is 12.7. The fraction of sp³-hybridized carbons (Fsp3) is 0.160. The predicted octanol–water partition coefficient (Wildman–Crippen LogP) is 2.70. The van der Waals surface area contributed by atoms with E-state index in [1.807, 2.05) is 0 Å². The first-order valence-electron chi connectivity index (χ1n) is 11.0. The first-order chi connectivity index (χ1) is 17.2. The van der Waals surface area contributed by atoms with E-state index in [9.17, 15) is 18.0 Å². The van der Waals surface area contributed by atoms with Gasteiger partial charge in [0.2, 0.25) is 10.0 Å². The summed E-state index contributed by atoms with van der Waals surface area (Å²) in [5.74, 6) is -1.29. The molecule has 0 aliphatic heterocycles. The Morgan fingerprint density at radius 3 is 2.28 bits per heavy atom. The van der Waals surface area contributed by atoms with Gasteiger partial charge in [-0.3, -0.25) is 15.0 Å². The molecule has 6 N–H and O–H groups in total. The summed E-state index contributed by atoms with van der Waals surface area (Å²) >= 11 is 0. The number of amides is 1. The maximum Gasteiger partial charge on any atom is 0.324 e. The highest BCUT2D eigenvalue weighted by molar-refractivity contribution is 7.89. The molecule has 0 aromatic heterocycles. The molecule has 10 nitrogen and oxygen atoms in total. The van der Waals surface area contributed by atoms with Crippen LogP contribution < -0.4 is 21.1 Å². The highest BCUT2D eigenvalue weighted by Gasteiger charge is 2.27. The summed E-state index contributed by atoms with van der Waals surface area (Å²) in [5.41, 5.74) is 7.37. The topological polar surface area (TPSA) is 163 Å². The van der Waals surface area contributed by atoms with Gasteiger partial charge in [-0.05, 0) is 61.4 Å². The molecule has 0 unspecified atom stereocenters. The molecule has 36 heavy (non-hydrogen) atoms. The molecule has 0 aliphatic rings. The van der Waals surface area contributed by atoms with Crippen molar-refractivity contribution in [2.45, 2.75) is 24.3 Å². The van der Waals surface area contributed by atoms with Gasteiger partial charge >= 0.3 is 5.97 Å². The van der Waals surface area contributed by atoms with Gasteiger partial charge in [0.15, 0.2) is 5.96 Å². The molecule has 0 saturated carbocycles. The van der Waals surface area contributed by atoms with Gasteiger partial charge in [0.05, 0.1) is 11.5 Å². The van der Waals surface area contributed by atoms with Crippen molar-refractivity contribution in [2.75, 3.05) is 17.2 Å². The van der Waals surface area contributed by atoms with Crippen molar-refractivity contribution >= 4 is 39.2 Å². The Labute approximate surface area is 209 Å². The van der Waals surface area contributed by atoms with Gasteiger partial charge in [-0.1, -0.05) is 36.4 Å². The normalized spacial score (nSPS) is 11.8. The lowest BCUT2D eigenvalue weighted by Crippen LogP contribution is -2.43. The van der Waals surface area contributed by atoms with Gasteiger partial charge < -0.3 is 21.1 Å². The number of nitrogens with one attached hydrogen (secondary N) is 4. The Balaban J connectivity index is 1.70. The van der Waals surface area contributed by atoms with Crippen LogP contribution in [0.25, 0.3) is 0 Å². The molecule has 3 aromatic rings. The van der Waals surface area contributed by atoms with E-state index >= 15 is 0 Å². The lowest BCUT2D eigenvalue weighted by Gasteiger charge is -2.18. The van der Waals surface area contributed by atoms with Crippen LogP contribution in [0.1, 0.15) is 22.8 Å². The van der Waals surface area contributed by atoms with Crippen molar-refractivity contribution < 1.29 is 22.7 Å². The second kappa shape index (κ2) is 12.0. The zero-order chi connectivity index (χ0) is 26.1. The maximum absolute atomic E-state index is 12.7. The molecule has 1 amide bonds. The van der Waals surface area contributed by atoms with E-state index in [2.05, 4.69) is 15.4 Å². The van der Waals surface area contributed by atoms with Crippen LogP contribution in [0.2, 0.25) is 0 Å². The number of sulfonamides is 1. The zero-order valence-electron chi connectivity index (χ0n) is 19.5. The number of carbonyl (C=O) groups is 2. The SMILES string of the molecule is CCOC(=O)[C@H](Cc1ccc(NC(=O)c2cccc(NC(=N)N)c2)cc1)NS(=O)(=O)c1ccccc1. The minimum atomic E-state index is -3.94. The number of hydrogen-bond acceptors (Lipinski definition) is 6. The third-order valence-corrected chi connectivity index (χ3v) is 6.47. The summed E-state index contributed by atoms with van der Waals surface area (Å²) in [6.45, 7) is 1.75. The number of hydrogen-bond donors (Lipinski definition) is 5. The summed E-state index contributed by atoms with van der Waals surface area (Å²) in [6.07, 6.45) is 0.0535. The number of rotatable bonds is 10. The van der Waals surface area contributed by atoms with Gasteiger partial charge in [-0.25, -0.2) is 8.42 Å². The molecule has 11 heteroatoms. The van der Waals surface area contributed by atoms with Crippen LogP contribution in [0.15, 0.2) is 83.8 Å². The number of esters is 1. The summed E-state index contributed by atoms with van der Waals surface area (Å²) in [5, 5.41) is 12.7. The second-order valence-electron chi connectivity index (χ2n) is 7.71. The Bertz CT molecular complexity index is 1330. The Kier molecular flexibility index (Phi) is 8.76. The quantitative estimate of drug-likeness (QED) is 0.159. The molecule has 1 atom stereocenters. The van der Waals surface area contributed by atoms with E-state index in [1.165, 1.54) is 12.1 Å². The molecule has 0 bridgehead atoms. The fourth-order valence-electron chi connectivity index (χ4n) is 3.33. The fourth-order valence-corrected chi connectivity index (χ4v) is 4.53. The number of nitrogens with two attached hydrogens (primary N) is 1. The lowest BCUT2D eigenvalue weighted by atomic mass is 10.1. The molecular weight excluding hydrogens is 482 g/mol. The molecule has 0 radical (unpaired) electrons. The van der Waals surface area contributed by atoms with Crippen molar-refractivity contribution in [3.8, 4) is 0 Å². The van der Waals surface area contributed by atoms with Crippen LogP contribution in [0.5, 0.6) is 0 Å². The van der Waals surface area contributed by atoms with Crippen molar-refractivity contribution in [1.29, 1.82) is 5.41 Å². The zero-order valence-corrected chi connectivity index (χ0v) is 20.3. The number of guanidine groups is 1. The summed E-state index contributed by atoms with van der Waals surface area (Å²) in [7, 11) is -3.94. The minimum Gasteiger partial charge on any atom is -0.465 e. The first-order valence-corrected chi connectivity index (χ1v) is 12.5. The molecule has 0 spiro atoms. The molecular formula is C25H27N5O5S. The highest BCUT2D eigenvalue weighted by atomic mass is 32.2. The largest absolute Gasteiger partial charge is 0.465 e. The average molecular weight is 510 g/mol. The third-order valence-electron chi connectivity index (χ3n) is 4.98. The van der Waals surface area contributed by atoms with Gasteiger partial charge in [0.1, 0.15) is 6.04 Å². The molecule has 3 rings (SSSR count). The van der Waals surface area contributed by atoms with Gasteiger partial charge in [-0.2, -0.15) is 4.72 Å². The van der Waals surface area contributed by atoms with Crippen molar-refractivity contribution in [1.82, 2.24) is 4.72 Å². The van der Waals surface area contributed by atoms with E-state index in [0.29, 0.717) is 22.5 Å². The summed E-state index contributed by atoms with van der Waals surface area (Å²) in [4.78, 5) is 25.1. The highest BCUT2D eigenvalue weighted by Crippen LogP contribution is 2.17. The van der Waals surface area contributed by atoms with Gasteiger partial charge in [0, 0.05) is 16.9 Å². The van der Waals surface area contributed by atoms with Crippen LogP contribution in [0, 0.1) is 5.41 Å². The van der Waals surface area contributed by atoms with Crippen molar-refractivity contribution in [3.63, 3.8) is 0 Å². The molecule has 0 heterocycles. The smallest absolute Gasteiger partial charge is 0.324 e. The summed E-state index contributed by atoms with van der Waals surface area (Å²) in [6, 6.07) is 19.8. The van der Waals surface area contributed by atoms with E-state index in [-0.39, 0.29) is 29.8 Å². The molecule has 0 fully saturated rings. The van der Waals surface area contributed by atoms with E-state index in [1.54, 1.807) is 73.7 Å². The molecule has 188 valence electrons. The number of anilines is 2. The number of benzene rings is 3. The second-order valence-corrected chi connectivity index (χ2v) is 9.43. The van der Waals surface area contributed by atoms with Crippen LogP contribution in [0.4, 0.5) is 11.4 Å². The van der Waals surface area contributed by atoms with Crippen molar-refractivity contribution in [2.24, 2.45) is 5.73 Å². The van der Waals surface area contributed by atoms with Crippen molar-refractivity contribution in [3.05, 3.63) is 90.0 Å². The standard InChI is InChI=1S/C25H27N5O5S/c1-2-35-24(32)22(30-36(33,34)21-9-4-3-5-10-21)15-17-11-13-19(14-12-17)28-23(31)18-7-6-8-20(16-18)29-25(26)27/h3-14,16,22,30H,2,15H2,1H3,(H,28,31)(H4,26,27,29)/t22-/m0/s1. The summed E-state index contributed by atoms with van der Waals surface area (Å²) < 4.78 is 33.0.